The Labute approximate surface area is 123 Å². The van der Waals surface area contributed by atoms with Crippen LogP contribution in [0.25, 0.3) is 0 Å². The molecule has 1 saturated heterocycles. The van der Waals surface area contributed by atoms with Gasteiger partial charge in [-0.05, 0) is 30.4 Å². The van der Waals surface area contributed by atoms with E-state index in [4.69, 9.17) is 16.3 Å². The van der Waals surface area contributed by atoms with Crippen molar-refractivity contribution in [1.82, 2.24) is 4.90 Å². The van der Waals surface area contributed by atoms with Crippen LogP contribution < -0.4 is 0 Å². The number of benzene rings is 1. The Morgan fingerprint density at radius 3 is 2.70 bits per heavy atom. The standard InChI is InChI=1S/C15H19ClFNO2/c1-15(6-8-20-9-7-15)10-18(2)14(19)13-11(16)4-3-5-12(13)17/h3-5H,6-10H2,1-2H3. The fourth-order valence-electron chi connectivity index (χ4n) is 2.56. The molecular weight excluding hydrogens is 281 g/mol. The van der Waals surface area contributed by atoms with E-state index in [1.165, 1.54) is 18.2 Å². The lowest BCUT2D eigenvalue weighted by Crippen LogP contribution is -2.40. The van der Waals surface area contributed by atoms with E-state index >= 15 is 0 Å². The normalized spacial score (nSPS) is 17.8. The molecule has 1 heterocycles. The van der Waals surface area contributed by atoms with E-state index in [0.717, 1.165) is 12.8 Å². The summed E-state index contributed by atoms with van der Waals surface area (Å²) in [4.78, 5) is 13.9. The molecule has 1 aromatic carbocycles. The number of ether oxygens (including phenoxy) is 1. The van der Waals surface area contributed by atoms with Crippen LogP contribution >= 0.6 is 11.6 Å². The highest BCUT2D eigenvalue weighted by molar-refractivity contribution is 6.33. The molecule has 20 heavy (non-hydrogen) atoms. The van der Waals surface area contributed by atoms with Gasteiger partial charge >= 0.3 is 0 Å². The first-order valence-electron chi connectivity index (χ1n) is 6.70. The summed E-state index contributed by atoms with van der Waals surface area (Å²) in [5.74, 6) is -0.952. The Bertz CT molecular complexity index is 480. The molecule has 0 saturated carbocycles. The molecule has 110 valence electrons. The molecule has 0 aliphatic carbocycles. The van der Waals surface area contributed by atoms with Gasteiger partial charge < -0.3 is 9.64 Å². The number of rotatable bonds is 3. The number of amides is 1. The Kier molecular flexibility index (Phi) is 4.66. The van der Waals surface area contributed by atoms with Crippen molar-refractivity contribution in [3.05, 3.63) is 34.6 Å². The predicted octanol–water partition coefficient (Wildman–Crippen LogP) is 3.37. The van der Waals surface area contributed by atoms with Crippen LogP contribution in [0.5, 0.6) is 0 Å². The predicted molar refractivity (Wildman–Crippen MR) is 76.5 cm³/mol. The molecule has 0 radical (unpaired) electrons. The zero-order valence-corrected chi connectivity index (χ0v) is 12.5. The molecule has 0 spiro atoms. The third-order valence-electron chi connectivity index (χ3n) is 3.84. The smallest absolute Gasteiger partial charge is 0.258 e. The van der Waals surface area contributed by atoms with Gasteiger partial charge in [0.15, 0.2) is 0 Å². The van der Waals surface area contributed by atoms with E-state index in [-0.39, 0.29) is 21.9 Å². The van der Waals surface area contributed by atoms with Gasteiger partial charge in [0.1, 0.15) is 5.82 Å². The molecule has 0 bridgehead atoms. The molecule has 0 N–H and O–H groups in total. The van der Waals surface area contributed by atoms with Crippen molar-refractivity contribution < 1.29 is 13.9 Å². The third kappa shape index (κ3) is 3.30. The highest BCUT2D eigenvalue weighted by Crippen LogP contribution is 2.31. The maximum atomic E-state index is 13.8. The Hall–Kier alpha value is -1.13. The second-order valence-corrected chi connectivity index (χ2v) is 6.09. The van der Waals surface area contributed by atoms with E-state index in [1.807, 2.05) is 0 Å². The second kappa shape index (κ2) is 6.10. The lowest BCUT2D eigenvalue weighted by atomic mass is 9.82. The Morgan fingerprint density at radius 1 is 1.45 bits per heavy atom. The van der Waals surface area contributed by atoms with Gasteiger partial charge in [-0.3, -0.25) is 4.79 Å². The highest BCUT2D eigenvalue weighted by atomic mass is 35.5. The van der Waals surface area contributed by atoms with Crippen LogP contribution in [0.3, 0.4) is 0 Å². The highest BCUT2D eigenvalue weighted by Gasteiger charge is 2.31. The second-order valence-electron chi connectivity index (χ2n) is 5.68. The summed E-state index contributed by atoms with van der Waals surface area (Å²) in [5.41, 5.74) is -0.0345. The summed E-state index contributed by atoms with van der Waals surface area (Å²) >= 11 is 5.94. The minimum atomic E-state index is -0.577. The summed E-state index contributed by atoms with van der Waals surface area (Å²) in [6.45, 7) is 4.11. The molecule has 3 nitrogen and oxygen atoms in total. The van der Waals surface area contributed by atoms with Gasteiger partial charge in [-0.2, -0.15) is 0 Å². The quantitative estimate of drug-likeness (QED) is 0.856. The first-order valence-corrected chi connectivity index (χ1v) is 7.08. The number of carbonyl (C=O) groups is 1. The zero-order valence-electron chi connectivity index (χ0n) is 11.8. The number of halogens is 2. The molecular formula is C15H19ClFNO2. The third-order valence-corrected chi connectivity index (χ3v) is 4.16. The summed E-state index contributed by atoms with van der Waals surface area (Å²) in [7, 11) is 1.69. The molecule has 5 heteroatoms. The van der Waals surface area contributed by atoms with Crippen molar-refractivity contribution in [3.8, 4) is 0 Å². The minimum absolute atomic E-state index is 0.0143. The maximum absolute atomic E-state index is 13.8. The van der Waals surface area contributed by atoms with Crippen LogP contribution in [-0.2, 0) is 4.74 Å². The number of nitrogens with zero attached hydrogens (tertiary/aromatic N) is 1. The molecule has 1 amide bonds. The van der Waals surface area contributed by atoms with Crippen LogP contribution in [0.2, 0.25) is 5.02 Å². The van der Waals surface area contributed by atoms with Gasteiger partial charge in [0.25, 0.3) is 5.91 Å². The topological polar surface area (TPSA) is 29.5 Å². The lowest BCUT2D eigenvalue weighted by molar-refractivity contribution is 0.00908. The molecule has 0 atom stereocenters. The van der Waals surface area contributed by atoms with Gasteiger partial charge in [-0.15, -0.1) is 0 Å². The molecule has 0 aromatic heterocycles. The molecule has 1 fully saturated rings. The van der Waals surface area contributed by atoms with Crippen molar-refractivity contribution in [3.63, 3.8) is 0 Å². The minimum Gasteiger partial charge on any atom is -0.381 e. The van der Waals surface area contributed by atoms with Crippen molar-refractivity contribution in [2.24, 2.45) is 5.41 Å². The summed E-state index contributed by atoms with van der Waals surface area (Å²) in [6.07, 6.45) is 1.80. The zero-order chi connectivity index (χ0) is 14.8. The van der Waals surface area contributed by atoms with Crippen LogP contribution in [0.4, 0.5) is 4.39 Å². The van der Waals surface area contributed by atoms with Crippen molar-refractivity contribution in [2.45, 2.75) is 19.8 Å². The summed E-state index contributed by atoms with van der Waals surface area (Å²) in [5, 5.41) is 0.152. The Balaban J connectivity index is 2.12. The largest absolute Gasteiger partial charge is 0.381 e. The fraction of sp³-hybridized carbons (Fsp3) is 0.533. The van der Waals surface area contributed by atoms with Gasteiger partial charge in [-0.25, -0.2) is 4.39 Å². The number of hydrogen-bond acceptors (Lipinski definition) is 2. The van der Waals surface area contributed by atoms with E-state index < -0.39 is 5.82 Å². The van der Waals surface area contributed by atoms with Gasteiger partial charge in [-0.1, -0.05) is 24.6 Å². The fourth-order valence-corrected chi connectivity index (χ4v) is 2.80. The van der Waals surface area contributed by atoms with E-state index in [9.17, 15) is 9.18 Å². The summed E-state index contributed by atoms with van der Waals surface area (Å²) < 4.78 is 19.1. The van der Waals surface area contributed by atoms with Crippen LogP contribution in [0.15, 0.2) is 18.2 Å². The molecule has 0 unspecified atom stereocenters. The average Bonchev–Trinajstić information content (AvgIpc) is 2.38. The Morgan fingerprint density at radius 2 is 2.10 bits per heavy atom. The van der Waals surface area contributed by atoms with Crippen LogP contribution in [-0.4, -0.2) is 37.6 Å². The lowest BCUT2D eigenvalue weighted by Gasteiger charge is -2.37. The van der Waals surface area contributed by atoms with Crippen LogP contribution in [0.1, 0.15) is 30.1 Å². The molecule has 1 aliphatic rings. The van der Waals surface area contributed by atoms with Gasteiger partial charge in [0.05, 0.1) is 10.6 Å². The number of hydrogen-bond donors (Lipinski definition) is 0. The van der Waals surface area contributed by atoms with Crippen LogP contribution in [0, 0.1) is 11.2 Å². The molecule has 1 aromatic rings. The van der Waals surface area contributed by atoms with Gasteiger partial charge in [0, 0.05) is 26.8 Å². The first-order chi connectivity index (χ1) is 9.43. The SMILES string of the molecule is CN(CC1(C)CCOCC1)C(=O)c1c(F)cccc1Cl. The number of carbonyl (C=O) groups excluding carboxylic acids is 1. The molecule has 1 aliphatic heterocycles. The van der Waals surface area contributed by atoms with E-state index in [0.29, 0.717) is 19.8 Å². The van der Waals surface area contributed by atoms with E-state index in [1.54, 1.807) is 11.9 Å². The monoisotopic (exact) mass is 299 g/mol. The molecule has 2 rings (SSSR count). The van der Waals surface area contributed by atoms with Crippen molar-refractivity contribution in [2.75, 3.05) is 26.8 Å². The summed E-state index contributed by atoms with van der Waals surface area (Å²) in [6, 6.07) is 4.28. The van der Waals surface area contributed by atoms with Crippen molar-refractivity contribution >= 4 is 17.5 Å². The van der Waals surface area contributed by atoms with E-state index in [2.05, 4.69) is 6.92 Å². The maximum Gasteiger partial charge on any atom is 0.258 e. The first kappa shape index (κ1) is 15.3. The average molecular weight is 300 g/mol. The van der Waals surface area contributed by atoms with Crippen molar-refractivity contribution in [1.29, 1.82) is 0 Å². The van der Waals surface area contributed by atoms with Gasteiger partial charge in [0.2, 0.25) is 0 Å².